The van der Waals surface area contributed by atoms with Gasteiger partial charge >= 0.3 is 19.1 Å². The predicted octanol–water partition coefficient (Wildman–Crippen LogP) is 2.45. The Labute approximate surface area is 272 Å². The second kappa shape index (κ2) is 16.6. The van der Waals surface area contributed by atoms with E-state index in [-0.39, 0.29) is 48.2 Å². The van der Waals surface area contributed by atoms with E-state index in [1.807, 2.05) is 0 Å². The van der Waals surface area contributed by atoms with Gasteiger partial charge < -0.3 is 35.7 Å². The van der Waals surface area contributed by atoms with Crippen molar-refractivity contribution in [1.29, 1.82) is 0 Å². The molecule has 0 spiro atoms. The summed E-state index contributed by atoms with van der Waals surface area (Å²) in [6, 6.07) is -1.41. The first-order valence-corrected chi connectivity index (χ1v) is 16.7. The molecule has 16 heteroatoms. The molecular formula is C30H54BN7O8. The normalized spacial score (nSPS) is 25.9. The van der Waals surface area contributed by atoms with Crippen LogP contribution in [0.1, 0.15) is 99.3 Å². The summed E-state index contributed by atoms with van der Waals surface area (Å²) >= 11 is 0. The van der Waals surface area contributed by atoms with Crippen LogP contribution in [0.2, 0.25) is 0 Å². The minimum Gasteiger partial charge on any atom is -0.466 e. The molecule has 15 nitrogen and oxygen atoms in total. The maximum atomic E-state index is 13.7. The molecule has 4 rings (SSSR count). The number of esters is 1. The van der Waals surface area contributed by atoms with E-state index in [0.717, 1.165) is 19.3 Å². The quantitative estimate of drug-likeness (QED) is 0.0278. The summed E-state index contributed by atoms with van der Waals surface area (Å²) in [7, 11) is -0.613. The Morgan fingerprint density at radius 2 is 1.87 bits per heavy atom. The largest absolute Gasteiger partial charge is 0.481 e. The van der Waals surface area contributed by atoms with E-state index >= 15 is 0 Å². The van der Waals surface area contributed by atoms with Crippen LogP contribution in [-0.2, 0) is 23.6 Å². The Balaban J connectivity index is 1.61. The Kier molecular flexibility index (Phi) is 13.5. The molecule has 1 saturated heterocycles. The van der Waals surface area contributed by atoms with Crippen molar-refractivity contribution in [2.24, 2.45) is 33.9 Å². The zero-order valence-corrected chi connectivity index (χ0v) is 28.3. The number of hydrogen-bond acceptors (Lipinski definition) is 9. The number of aliphatic imine (C=N–C) groups is 1. The van der Waals surface area contributed by atoms with Crippen LogP contribution in [0.15, 0.2) is 4.99 Å². The van der Waals surface area contributed by atoms with Crippen molar-refractivity contribution in [3.8, 4) is 0 Å². The van der Waals surface area contributed by atoms with Gasteiger partial charge in [-0.2, -0.15) is 0 Å². The number of nitrogens with zero attached hydrogens (tertiary/aromatic N) is 2. The highest BCUT2D eigenvalue weighted by molar-refractivity contribution is 6.48. The molecule has 0 aromatic carbocycles. The Morgan fingerprint density at radius 3 is 2.52 bits per heavy atom. The van der Waals surface area contributed by atoms with Gasteiger partial charge in [0.15, 0.2) is 5.03 Å². The lowest BCUT2D eigenvalue weighted by atomic mass is 9.43. The maximum Gasteiger partial charge on any atom is 0.481 e. The van der Waals surface area contributed by atoms with E-state index in [2.05, 4.69) is 55.6 Å². The molecule has 3 aliphatic carbocycles. The average molecular weight is 652 g/mol. The van der Waals surface area contributed by atoms with E-state index in [1.165, 1.54) is 0 Å². The second-order valence-corrected chi connectivity index (χ2v) is 13.9. The lowest BCUT2D eigenvalue weighted by Crippen LogP contribution is -2.65. The maximum absolute atomic E-state index is 13.7. The van der Waals surface area contributed by atoms with Crippen LogP contribution < -0.4 is 27.1 Å². The van der Waals surface area contributed by atoms with Gasteiger partial charge in [-0.1, -0.05) is 39.5 Å². The topological polar surface area (TPSA) is 209 Å². The second-order valence-electron chi connectivity index (χ2n) is 13.9. The number of nitrogens with one attached hydrogen (secondary N) is 4. The molecule has 6 N–H and O–H groups in total. The molecular weight excluding hydrogens is 597 g/mol. The molecule has 0 aromatic rings. The Hall–Kier alpha value is -3.14. The number of guanidine groups is 1. The van der Waals surface area contributed by atoms with Gasteiger partial charge in [-0.15, -0.1) is 0 Å². The molecule has 6 atom stereocenters. The molecule has 260 valence electrons. The standard InChI is InChI=1S/C30H54BN7O8/c1-7-44-25(39)13-9-8-10-14-34-28(41)35-21(12-11-15-33-27(32)37-38(42)43)26(40)36-24(16-19(2)3)31-45-23-18-20-17-22(29(20,4)5)30(23,6)46-31/h19-24H,7-18H2,1-6H3,(H,36,40)(H3,32,33,37)(H2,34,35,41)/t20-,21-,22-,23+,24-,30-/m0/s1. The van der Waals surface area contributed by atoms with Crippen molar-refractivity contribution in [1.82, 2.24) is 21.4 Å². The van der Waals surface area contributed by atoms with E-state index in [9.17, 15) is 24.5 Å². The van der Waals surface area contributed by atoms with Gasteiger partial charge in [0, 0.05) is 19.5 Å². The summed E-state index contributed by atoms with van der Waals surface area (Å²) in [5.74, 6) is -0.179. The molecule has 3 amide bonds. The zero-order chi connectivity index (χ0) is 34.1. The molecule has 4 fully saturated rings. The van der Waals surface area contributed by atoms with Crippen LogP contribution in [0.5, 0.6) is 0 Å². The SMILES string of the molecule is CCOC(=O)CCCCCNC(=O)N[C@@H](CCCN=C(N)N[N+](=O)[O-])C(=O)N[C@@H](CC(C)C)B1O[C@@H]2C[C@@H]3C[C@@H](C3(C)C)[C@]2(C)O1. The van der Waals surface area contributed by atoms with Crippen molar-refractivity contribution in [2.75, 3.05) is 19.7 Å². The number of carbonyl (C=O) groups excluding carboxylic acids is 3. The van der Waals surface area contributed by atoms with Gasteiger partial charge in [0.25, 0.3) is 5.96 Å². The fourth-order valence-electron chi connectivity index (χ4n) is 7.21. The minimum absolute atomic E-state index is 0.0334. The molecule has 0 radical (unpaired) electrons. The van der Waals surface area contributed by atoms with Crippen LogP contribution in [0.4, 0.5) is 4.79 Å². The fraction of sp³-hybridized carbons (Fsp3) is 0.867. The summed E-state index contributed by atoms with van der Waals surface area (Å²) in [5, 5.41) is 18.5. The summed E-state index contributed by atoms with van der Waals surface area (Å²) in [6.07, 6.45) is 5.56. The highest BCUT2D eigenvalue weighted by atomic mass is 16.7. The fourth-order valence-corrected chi connectivity index (χ4v) is 7.21. The Bertz CT molecular complexity index is 1110. The molecule has 4 aliphatic rings. The number of rotatable bonds is 18. The van der Waals surface area contributed by atoms with E-state index in [1.54, 1.807) is 12.3 Å². The average Bonchev–Trinajstić information content (AvgIpc) is 3.32. The van der Waals surface area contributed by atoms with Crippen LogP contribution in [0.25, 0.3) is 0 Å². The third-order valence-electron chi connectivity index (χ3n) is 9.76. The first-order chi connectivity index (χ1) is 21.7. The number of carbonyl (C=O) groups is 3. The first-order valence-electron chi connectivity index (χ1n) is 16.7. The summed E-state index contributed by atoms with van der Waals surface area (Å²) < 4.78 is 18.1. The van der Waals surface area contributed by atoms with Gasteiger partial charge in [0.05, 0.1) is 24.3 Å². The van der Waals surface area contributed by atoms with Crippen molar-refractivity contribution >= 4 is 31.0 Å². The molecule has 3 saturated carbocycles. The molecule has 46 heavy (non-hydrogen) atoms. The van der Waals surface area contributed by atoms with Crippen molar-refractivity contribution in [3.05, 3.63) is 10.1 Å². The predicted molar refractivity (Wildman–Crippen MR) is 173 cm³/mol. The smallest absolute Gasteiger partial charge is 0.466 e. The number of urea groups is 1. The number of hydrogen-bond donors (Lipinski definition) is 5. The van der Waals surface area contributed by atoms with Gasteiger partial charge in [0.1, 0.15) is 6.04 Å². The summed E-state index contributed by atoms with van der Waals surface area (Å²) in [5.41, 5.74) is 7.05. The minimum atomic E-state index is -0.913. The van der Waals surface area contributed by atoms with Crippen LogP contribution in [-0.4, -0.2) is 79.4 Å². The van der Waals surface area contributed by atoms with E-state index in [0.29, 0.717) is 57.1 Å². The monoisotopic (exact) mass is 651 g/mol. The number of nitro groups is 1. The first kappa shape index (κ1) is 37.3. The number of nitrogens with two attached hydrogens (primary N) is 1. The van der Waals surface area contributed by atoms with E-state index in [4.69, 9.17) is 19.8 Å². The summed E-state index contributed by atoms with van der Waals surface area (Å²) in [6.45, 7) is 13.5. The van der Waals surface area contributed by atoms with Gasteiger partial charge in [-0.3, -0.25) is 9.59 Å². The molecule has 1 heterocycles. The number of hydrazine groups is 1. The number of ether oxygens (including phenoxy) is 1. The van der Waals surface area contributed by atoms with Gasteiger partial charge in [-0.25, -0.2) is 19.9 Å². The molecule has 0 aromatic heterocycles. The third kappa shape index (κ3) is 9.93. The summed E-state index contributed by atoms with van der Waals surface area (Å²) in [4.78, 5) is 52.6. The van der Waals surface area contributed by atoms with Crippen molar-refractivity contribution < 1.29 is 33.5 Å². The van der Waals surface area contributed by atoms with Gasteiger partial charge in [0.2, 0.25) is 5.91 Å². The van der Waals surface area contributed by atoms with Crippen molar-refractivity contribution in [3.63, 3.8) is 0 Å². The Morgan fingerprint density at radius 1 is 1.13 bits per heavy atom. The molecule has 0 unspecified atom stereocenters. The lowest BCUT2D eigenvalue weighted by molar-refractivity contribution is -0.525. The third-order valence-corrected chi connectivity index (χ3v) is 9.76. The van der Waals surface area contributed by atoms with Crippen LogP contribution >= 0.6 is 0 Å². The number of amides is 3. The van der Waals surface area contributed by atoms with E-state index < -0.39 is 35.8 Å². The highest BCUT2D eigenvalue weighted by Crippen LogP contribution is 2.65. The van der Waals surface area contributed by atoms with Crippen LogP contribution in [0, 0.1) is 33.3 Å². The highest BCUT2D eigenvalue weighted by Gasteiger charge is 2.68. The molecule has 2 bridgehead atoms. The number of unbranched alkanes of at least 4 members (excludes halogenated alkanes) is 2. The zero-order valence-electron chi connectivity index (χ0n) is 28.3. The van der Waals surface area contributed by atoms with Gasteiger partial charge in [-0.05, 0) is 82.0 Å². The van der Waals surface area contributed by atoms with Crippen LogP contribution in [0.3, 0.4) is 0 Å². The lowest BCUT2D eigenvalue weighted by Gasteiger charge is -2.64. The molecule has 1 aliphatic heterocycles. The van der Waals surface area contributed by atoms with Crippen molar-refractivity contribution in [2.45, 2.75) is 123 Å².